The Labute approximate surface area is 197 Å². The van der Waals surface area contributed by atoms with Gasteiger partial charge in [-0.05, 0) is 49.9 Å². The molecule has 1 heterocycles. The van der Waals surface area contributed by atoms with E-state index in [4.69, 9.17) is 0 Å². The first kappa shape index (κ1) is 24.7. The van der Waals surface area contributed by atoms with Crippen molar-refractivity contribution in [2.75, 3.05) is 19.6 Å². The standard InChI is InChI=1S/C24H27F3N2O4S/c1-17-16-28(21(30)23(12-13-23)19-6-4-3-5-7-19)14-15-29(17)34(32,33)20-10-8-18(9-11-20)22(2,31)24(25,26)27/h3-11,17,31H,12-16H2,1-2H3/t17-,22?/m1/s1. The summed E-state index contributed by atoms with van der Waals surface area (Å²) in [4.78, 5) is 14.9. The molecule has 1 aliphatic carbocycles. The van der Waals surface area contributed by atoms with E-state index in [1.54, 1.807) is 11.8 Å². The zero-order chi connectivity index (χ0) is 24.9. The van der Waals surface area contributed by atoms with E-state index in [-0.39, 0.29) is 30.4 Å². The largest absolute Gasteiger partial charge is 0.421 e. The highest BCUT2D eigenvalue weighted by molar-refractivity contribution is 7.89. The lowest BCUT2D eigenvalue weighted by Crippen LogP contribution is -2.57. The van der Waals surface area contributed by atoms with Gasteiger partial charge in [0.15, 0.2) is 5.60 Å². The minimum atomic E-state index is -4.90. The van der Waals surface area contributed by atoms with Crippen LogP contribution in [0.3, 0.4) is 0 Å². The summed E-state index contributed by atoms with van der Waals surface area (Å²) in [6.07, 6.45) is -3.38. The number of piperazine rings is 1. The second-order valence-electron chi connectivity index (χ2n) is 9.26. The van der Waals surface area contributed by atoms with Gasteiger partial charge in [0.25, 0.3) is 0 Å². The van der Waals surface area contributed by atoms with Crippen molar-refractivity contribution in [3.63, 3.8) is 0 Å². The molecule has 1 aliphatic heterocycles. The zero-order valence-electron chi connectivity index (χ0n) is 18.9. The summed E-state index contributed by atoms with van der Waals surface area (Å²) in [7, 11) is -4.00. The Morgan fingerprint density at radius 1 is 1.03 bits per heavy atom. The third-order valence-electron chi connectivity index (χ3n) is 6.91. The molecule has 1 amide bonds. The van der Waals surface area contributed by atoms with Gasteiger partial charge in [-0.1, -0.05) is 42.5 Å². The van der Waals surface area contributed by atoms with Gasteiger partial charge in [-0.25, -0.2) is 8.42 Å². The maximum absolute atomic E-state index is 13.3. The number of nitrogens with zero attached hydrogens (tertiary/aromatic N) is 2. The average molecular weight is 497 g/mol. The minimum absolute atomic E-state index is 0.00123. The normalized spacial score (nSPS) is 22.8. The van der Waals surface area contributed by atoms with Crippen LogP contribution in [-0.4, -0.2) is 60.5 Å². The number of carbonyl (C=O) groups is 1. The lowest BCUT2D eigenvalue weighted by atomic mass is 9.94. The van der Waals surface area contributed by atoms with Crippen LogP contribution < -0.4 is 0 Å². The molecule has 1 saturated heterocycles. The fraction of sp³-hybridized carbons (Fsp3) is 0.458. The number of amides is 1. The number of rotatable bonds is 5. The Morgan fingerprint density at radius 2 is 1.62 bits per heavy atom. The van der Waals surface area contributed by atoms with E-state index in [1.165, 1.54) is 4.31 Å². The summed E-state index contributed by atoms with van der Waals surface area (Å²) in [5.41, 5.74) is -3.10. The van der Waals surface area contributed by atoms with E-state index < -0.39 is 38.8 Å². The van der Waals surface area contributed by atoms with Crippen LogP contribution in [0, 0.1) is 0 Å². The number of aliphatic hydroxyl groups is 1. The molecule has 1 unspecified atom stereocenters. The van der Waals surface area contributed by atoms with E-state index in [0.717, 1.165) is 42.7 Å². The number of benzene rings is 2. The smallest absolute Gasteiger partial charge is 0.376 e. The molecule has 184 valence electrons. The van der Waals surface area contributed by atoms with Gasteiger partial charge >= 0.3 is 6.18 Å². The maximum Gasteiger partial charge on any atom is 0.421 e. The Morgan fingerprint density at radius 3 is 2.12 bits per heavy atom. The van der Waals surface area contributed by atoms with Gasteiger partial charge < -0.3 is 10.0 Å². The van der Waals surface area contributed by atoms with Gasteiger partial charge in [-0.15, -0.1) is 0 Å². The van der Waals surface area contributed by atoms with Crippen molar-refractivity contribution in [3.05, 3.63) is 65.7 Å². The summed E-state index contributed by atoms with van der Waals surface area (Å²) < 4.78 is 66.9. The fourth-order valence-corrected chi connectivity index (χ4v) is 6.16. The summed E-state index contributed by atoms with van der Waals surface area (Å²) >= 11 is 0. The first-order valence-corrected chi connectivity index (χ1v) is 12.5. The van der Waals surface area contributed by atoms with Crippen LogP contribution in [-0.2, 0) is 25.8 Å². The topological polar surface area (TPSA) is 77.9 Å². The van der Waals surface area contributed by atoms with E-state index in [2.05, 4.69) is 0 Å². The van der Waals surface area contributed by atoms with Crippen LogP contribution in [0.5, 0.6) is 0 Å². The summed E-state index contributed by atoms with van der Waals surface area (Å²) in [5.74, 6) is 0.00123. The highest BCUT2D eigenvalue weighted by atomic mass is 32.2. The molecule has 2 aliphatic rings. The molecule has 2 fully saturated rings. The summed E-state index contributed by atoms with van der Waals surface area (Å²) in [6.45, 7) is 2.88. The number of hydrogen-bond acceptors (Lipinski definition) is 4. The zero-order valence-corrected chi connectivity index (χ0v) is 19.7. The molecule has 10 heteroatoms. The Bertz CT molecular complexity index is 1160. The van der Waals surface area contributed by atoms with Crippen LogP contribution in [0.1, 0.15) is 37.8 Å². The lowest BCUT2D eigenvalue weighted by molar-refractivity contribution is -0.258. The van der Waals surface area contributed by atoms with Gasteiger partial charge in [-0.2, -0.15) is 17.5 Å². The molecule has 4 rings (SSSR count). The van der Waals surface area contributed by atoms with E-state index in [0.29, 0.717) is 6.92 Å². The van der Waals surface area contributed by atoms with Crippen LogP contribution in [0.25, 0.3) is 0 Å². The first-order valence-electron chi connectivity index (χ1n) is 11.1. The number of carbonyl (C=O) groups excluding carboxylic acids is 1. The molecule has 0 aromatic heterocycles. The molecular formula is C24H27F3N2O4S. The first-order chi connectivity index (χ1) is 15.8. The predicted octanol–water partition coefficient (Wildman–Crippen LogP) is 3.41. The van der Waals surface area contributed by atoms with Gasteiger partial charge in [0, 0.05) is 25.7 Å². The van der Waals surface area contributed by atoms with Crippen LogP contribution in [0.15, 0.2) is 59.5 Å². The maximum atomic E-state index is 13.3. The summed E-state index contributed by atoms with van der Waals surface area (Å²) in [5, 5.41) is 9.82. The molecule has 2 aromatic rings. The van der Waals surface area contributed by atoms with E-state index in [9.17, 15) is 31.5 Å². The van der Waals surface area contributed by atoms with Gasteiger partial charge in [0.05, 0.1) is 10.3 Å². The molecular weight excluding hydrogens is 469 g/mol. The molecule has 34 heavy (non-hydrogen) atoms. The van der Waals surface area contributed by atoms with Crippen molar-refractivity contribution < 1.29 is 31.5 Å². The van der Waals surface area contributed by atoms with E-state index >= 15 is 0 Å². The van der Waals surface area contributed by atoms with Crippen molar-refractivity contribution in [1.29, 1.82) is 0 Å². The second kappa shape index (κ2) is 8.35. The number of alkyl halides is 3. The van der Waals surface area contributed by atoms with Gasteiger partial charge in [0.2, 0.25) is 15.9 Å². The van der Waals surface area contributed by atoms with Crippen molar-refractivity contribution in [3.8, 4) is 0 Å². The Balaban J connectivity index is 1.49. The lowest BCUT2D eigenvalue weighted by Gasteiger charge is -2.40. The van der Waals surface area contributed by atoms with Crippen molar-refractivity contribution >= 4 is 15.9 Å². The molecule has 1 saturated carbocycles. The van der Waals surface area contributed by atoms with E-state index in [1.807, 2.05) is 30.3 Å². The van der Waals surface area contributed by atoms with Crippen LogP contribution >= 0.6 is 0 Å². The van der Waals surface area contributed by atoms with Gasteiger partial charge in [0.1, 0.15) is 0 Å². The third kappa shape index (κ3) is 4.12. The predicted molar refractivity (Wildman–Crippen MR) is 119 cm³/mol. The quantitative estimate of drug-likeness (QED) is 0.688. The number of hydrogen-bond donors (Lipinski definition) is 1. The minimum Gasteiger partial charge on any atom is -0.376 e. The summed E-state index contributed by atoms with van der Waals surface area (Å²) in [6, 6.07) is 13.2. The fourth-order valence-electron chi connectivity index (χ4n) is 4.54. The second-order valence-corrected chi connectivity index (χ2v) is 11.1. The monoisotopic (exact) mass is 496 g/mol. The molecule has 2 atom stereocenters. The van der Waals surface area contributed by atoms with Crippen LogP contribution in [0.4, 0.5) is 13.2 Å². The Hall–Kier alpha value is -2.43. The highest BCUT2D eigenvalue weighted by Gasteiger charge is 2.54. The molecule has 0 bridgehead atoms. The van der Waals surface area contributed by atoms with Crippen molar-refractivity contribution in [1.82, 2.24) is 9.21 Å². The highest BCUT2D eigenvalue weighted by Crippen LogP contribution is 2.49. The molecule has 0 radical (unpaired) electrons. The Kier molecular flexibility index (Phi) is 6.06. The van der Waals surface area contributed by atoms with Crippen LogP contribution in [0.2, 0.25) is 0 Å². The third-order valence-corrected chi connectivity index (χ3v) is 8.94. The number of halogens is 3. The van der Waals surface area contributed by atoms with Crippen molar-refractivity contribution in [2.24, 2.45) is 0 Å². The number of sulfonamides is 1. The van der Waals surface area contributed by atoms with Crippen molar-refractivity contribution in [2.45, 2.75) is 54.8 Å². The molecule has 6 nitrogen and oxygen atoms in total. The molecule has 2 aromatic carbocycles. The average Bonchev–Trinajstić information content (AvgIpc) is 3.60. The molecule has 1 N–H and O–H groups in total. The van der Waals surface area contributed by atoms with Gasteiger partial charge in [-0.3, -0.25) is 4.79 Å². The molecule has 0 spiro atoms. The SMILES string of the molecule is C[C@@H]1CN(C(=O)C2(c3ccccc3)CC2)CCN1S(=O)(=O)c1ccc(C(C)(O)C(F)(F)F)cc1.